The molecule has 0 aromatic carbocycles. The summed E-state index contributed by atoms with van der Waals surface area (Å²) < 4.78 is 0. The van der Waals surface area contributed by atoms with E-state index in [0.29, 0.717) is 0 Å². The van der Waals surface area contributed by atoms with Gasteiger partial charge in [0.25, 0.3) is 0 Å². The summed E-state index contributed by atoms with van der Waals surface area (Å²) in [5, 5.41) is 33.6. The van der Waals surface area contributed by atoms with Crippen LogP contribution in [0.2, 0.25) is 0 Å². The molecular formula is C17H29N5O9. The molecule has 5 unspecified atom stereocenters. The van der Waals surface area contributed by atoms with Gasteiger partial charge in [0.15, 0.2) is 0 Å². The summed E-state index contributed by atoms with van der Waals surface area (Å²) in [7, 11) is 0. The number of primary amides is 1. The molecule has 0 aliphatic rings. The molecule has 0 aromatic heterocycles. The van der Waals surface area contributed by atoms with E-state index in [1.54, 1.807) is 13.8 Å². The van der Waals surface area contributed by atoms with Crippen molar-refractivity contribution in [3.63, 3.8) is 0 Å². The van der Waals surface area contributed by atoms with Gasteiger partial charge in [-0.15, -0.1) is 0 Å². The predicted molar refractivity (Wildman–Crippen MR) is 104 cm³/mol. The van der Waals surface area contributed by atoms with Gasteiger partial charge in [-0.1, -0.05) is 13.8 Å². The van der Waals surface area contributed by atoms with Crippen molar-refractivity contribution in [2.24, 2.45) is 17.4 Å². The lowest BCUT2D eigenvalue weighted by molar-refractivity contribution is -0.147. The number of hydrogen-bond acceptors (Lipinski definition) is 8. The van der Waals surface area contributed by atoms with Crippen molar-refractivity contribution in [2.45, 2.75) is 63.9 Å². The first-order valence-corrected chi connectivity index (χ1v) is 9.25. The predicted octanol–water partition coefficient (Wildman–Crippen LogP) is -3.76. The average Bonchev–Trinajstić information content (AvgIpc) is 2.62. The molecule has 0 aliphatic heterocycles. The topological polar surface area (TPSA) is 251 Å². The third-order valence-electron chi connectivity index (χ3n) is 4.10. The zero-order chi connectivity index (χ0) is 24.5. The van der Waals surface area contributed by atoms with Crippen molar-refractivity contribution in [1.29, 1.82) is 0 Å². The van der Waals surface area contributed by atoms with Gasteiger partial charge < -0.3 is 42.7 Å². The minimum Gasteiger partial charge on any atom is -0.481 e. The average molecular weight is 447 g/mol. The largest absolute Gasteiger partial charge is 0.481 e. The van der Waals surface area contributed by atoms with E-state index in [1.807, 2.05) is 5.32 Å². The van der Waals surface area contributed by atoms with Crippen LogP contribution in [0.3, 0.4) is 0 Å². The molecule has 0 saturated heterocycles. The minimum atomic E-state index is -1.82. The highest BCUT2D eigenvalue weighted by Gasteiger charge is 2.33. The Kier molecular flexibility index (Phi) is 11.1. The molecule has 0 rings (SSSR count). The number of carbonyl (C=O) groups excluding carboxylic acids is 4. The number of amides is 4. The van der Waals surface area contributed by atoms with Crippen LogP contribution in [-0.4, -0.2) is 81.2 Å². The molecule has 0 aliphatic carbocycles. The lowest BCUT2D eigenvalue weighted by atomic mass is 10.0. The number of rotatable bonds is 13. The van der Waals surface area contributed by atoms with E-state index in [4.69, 9.17) is 21.7 Å². The Morgan fingerprint density at radius 1 is 0.806 bits per heavy atom. The summed E-state index contributed by atoms with van der Waals surface area (Å²) in [6, 6.07) is -6.01. The monoisotopic (exact) mass is 447 g/mol. The Balaban J connectivity index is 5.49. The molecule has 31 heavy (non-hydrogen) atoms. The number of aliphatic carboxylic acids is 2. The second-order valence-electron chi connectivity index (χ2n) is 7.23. The molecule has 0 radical (unpaired) electrons. The second kappa shape index (κ2) is 12.4. The SMILES string of the molecule is CC(C)C(NC(=O)C(N)C(C)O)C(=O)NC(CC(N)=O)C(=O)NC(CC(=O)O)C(=O)O. The molecule has 0 fully saturated rings. The Morgan fingerprint density at radius 2 is 1.32 bits per heavy atom. The summed E-state index contributed by atoms with van der Waals surface area (Å²) in [5.41, 5.74) is 10.6. The van der Waals surface area contributed by atoms with E-state index < -0.39 is 84.6 Å². The van der Waals surface area contributed by atoms with Crippen molar-refractivity contribution in [1.82, 2.24) is 16.0 Å². The molecule has 5 atom stereocenters. The molecule has 14 nitrogen and oxygen atoms in total. The summed E-state index contributed by atoms with van der Waals surface area (Å²) in [6.45, 7) is 4.40. The van der Waals surface area contributed by atoms with Crippen LogP contribution in [0.15, 0.2) is 0 Å². The number of nitrogens with two attached hydrogens (primary N) is 2. The van der Waals surface area contributed by atoms with Gasteiger partial charge in [0, 0.05) is 0 Å². The van der Waals surface area contributed by atoms with Gasteiger partial charge in [-0.05, 0) is 12.8 Å². The quantitative estimate of drug-likeness (QED) is 0.137. The Bertz CT molecular complexity index is 710. The molecule has 0 saturated carbocycles. The maximum atomic E-state index is 12.6. The maximum absolute atomic E-state index is 12.6. The van der Waals surface area contributed by atoms with Gasteiger partial charge in [-0.2, -0.15) is 0 Å². The lowest BCUT2D eigenvalue weighted by Crippen LogP contribution is -2.59. The van der Waals surface area contributed by atoms with Crippen molar-refractivity contribution in [2.75, 3.05) is 0 Å². The normalized spacial score (nSPS) is 15.7. The Hall–Kier alpha value is -3.26. The van der Waals surface area contributed by atoms with Crippen LogP contribution in [0.25, 0.3) is 0 Å². The van der Waals surface area contributed by atoms with Gasteiger partial charge >= 0.3 is 11.9 Å². The minimum absolute atomic E-state index is 0.513. The fraction of sp³-hybridized carbons (Fsp3) is 0.647. The highest BCUT2D eigenvalue weighted by Crippen LogP contribution is 2.05. The maximum Gasteiger partial charge on any atom is 0.326 e. The van der Waals surface area contributed by atoms with Crippen LogP contribution >= 0.6 is 0 Å². The van der Waals surface area contributed by atoms with E-state index in [0.717, 1.165) is 0 Å². The number of hydrogen-bond donors (Lipinski definition) is 8. The molecule has 4 amide bonds. The first-order valence-electron chi connectivity index (χ1n) is 9.25. The zero-order valence-corrected chi connectivity index (χ0v) is 17.3. The van der Waals surface area contributed by atoms with Gasteiger partial charge in [0.05, 0.1) is 18.9 Å². The smallest absolute Gasteiger partial charge is 0.326 e. The van der Waals surface area contributed by atoms with E-state index in [1.165, 1.54) is 6.92 Å². The van der Waals surface area contributed by atoms with Gasteiger partial charge in [0.1, 0.15) is 24.2 Å². The van der Waals surface area contributed by atoms with Gasteiger partial charge in [-0.25, -0.2) is 4.79 Å². The number of carbonyl (C=O) groups is 6. The number of carboxylic acids is 2. The van der Waals surface area contributed by atoms with Crippen molar-refractivity contribution >= 4 is 35.6 Å². The molecule has 10 N–H and O–H groups in total. The summed E-state index contributed by atoms with van der Waals surface area (Å²) in [6.07, 6.45) is -2.87. The van der Waals surface area contributed by atoms with E-state index in [-0.39, 0.29) is 0 Å². The molecule has 14 heteroatoms. The Morgan fingerprint density at radius 3 is 1.71 bits per heavy atom. The molecule has 0 bridgehead atoms. The number of aliphatic hydroxyl groups excluding tert-OH is 1. The first-order chi connectivity index (χ1) is 14.2. The fourth-order valence-corrected chi connectivity index (χ4v) is 2.32. The highest BCUT2D eigenvalue weighted by molar-refractivity contribution is 5.96. The van der Waals surface area contributed by atoms with Crippen molar-refractivity contribution in [3.05, 3.63) is 0 Å². The second-order valence-corrected chi connectivity index (χ2v) is 7.23. The number of nitrogens with one attached hydrogen (secondary N) is 3. The first kappa shape index (κ1) is 27.7. The van der Waals surface area contributed by atoms with E-state index >= 15 is 0 Å². The zero-order valence-electron chi connectivity index (χ0n) is 17.3. The third-order valence-corrected chi connectivity index (χ3v) is 4.10. The van der Waals surface area contributed by atoms with E-state index in [2.05, 4.69) is 10.6 Å². The van der Waals surface area contributed by atoms with Gasteiger partial charge in [-0.3, -0.25) is 24.0 Å². The molecule has 0 spiro atoms. The fourth-order valence-electron chi connectivity index (χ4n) is 2.32. The number of carboxylic acid groups (broad SMARTS) is 2. The van der Waals surface area contributed by atoms with Crippen LogP contribution in [0, 0.1) is 5.92 Å². The van der Waals surface area contributed by atoms with Crippen LogP contribution < -0.4 is 27.4 Å². The van der Waals surface area contributed by atoms with Crippen molar-refractivity contribution in [3.8, 4) is 0 Å². The molecular weight excluding hydrogens is 418 g/mol. The summed E-state index contributed by atoms with van der Waals surface area (Å²) in [5.74, 6) is -7.57. The van der Waals surface area contributed by atoms with Crippen LogP contribution in [0.4, 0.5) is 0 Å². The molecule has 0 aromatic rings. The molecule has 0 heterocycles. The summed E-state index contributed by atoms with van der Waals surface area (Å²) >= 11 is 0. The van der Waals surface area contributed by atoms with E-state index in [9.17, 15) is 33.9 Å². The molecule has 176 valence electrons. The van der Waals surface area contributed by atoms with Gasteiger partial charge in [0.2, 0.25) is 23.6 Å². The van der Waals surface area contributed by atoms with Crippen LogP contribution in [0.5, 0.6) is 0 Å². The lowest BCUT2D eigenvalue weighted by Gasteiger charge is -2.27. The highest BCUT2D eigenvalue weighted by atomic mass is 16.4. The van der Waals surface area contributed by atoms with Crippen LogP contribution in [-0.2, 0) is 28.8 Å². The van der Waals surface area contributed by atoms with Crippen LogP contribution in [0.1, 0.15) is 33.6 Å². The Labute approximate surface area is 177 Å². The van der Waals surface area contributed by atoms with Crippen molar-refractivity contribution < 1.29 is 44.1 Å². The third kappa shape index (κ3) is 9.86. The summed E-state index contributed by atoms with van der Waals surface area (Å²) in [4.78, 5) is 70.3. The number of aliphatic hydroxyl groups is 1. The standard InChI is InChI=1S/C17H29N5O9/c1-6(2)13(22-15(28)12(19)7(3)23)16(29)20-8(4-10(18)24)14(27)21-9(17(30)31)5-11(25)26/h6-9,12-13,23H,4-5,19H2,1-3H3,(H2,18,24)(H,20,29)(H,21,27)(H,22,28)(H,25,26)(H,30,31).